The molecule has 4 rings (SSSR count). The van der Waals surface area contributed by atoms with Gasteiger partial charge in [-0.2, -0.15) is 0 Å². The Bertz CT molecular complexity index is 780. The van der Waals surface area contributed by atoms with E-state index >= 15 is 0 Å². The second-order valence-electron chi connectivity index (χ2n) is 8.17. The highest BCUT2D eigenvalue weighted by molar-refractivity contribution is 5.28. The van der Waals surface area contributed by atoms with Gasteiger partial charge in [0.2, 0.25) is 5.95 Å². The van der Waals surface area contributed by atoms with Crippen LogP contribution in [0.4, 0.5) is 10.3 Å². The van der Waals surface area contributed by atoms with Crippen molar-refractivity contribution < 1.29 is 9.50 Å². The third-order valence-electron chi connectivity index (χ3n) is 6.10. The van der Waals surface area contributed by atoms with E-state index in [0.29, 0.717) is 11.9 Å². The lowest BCUT2D eigenvalue weighted by Gasteiger charge is -2.41. The fraction of sp³-hybridized carbons (Fsp3) is 0.524. The van der Waals surface area contributed by atoms with Gasteiger partial charge >= 0.3 is 0 Å². The second kappa shape index (κ2) is 7.17. The standard InChI is InChI=1S/C21H27FN4O/c1-25(2)20-23-10-15(11-24-20)12-26-13-16-4-3-9-21(27,19(16)14-26)17-5-7-18(22)8-6-17/h5-8,10-11,16,19,27H,3-4,9,12-14H2,1-2H3. The highest BCUT2D eigenvalue weighted by Gasteiger charge is 2.49. The van der Waals surface area contributed by atoms with E-state index in [1.54, 1.807) is 12.1 Å². The Balaban J connectivity index is 1.49. The molecule has 0 bridgehead atoms. The van der Waals surface area contributed by atoms with Gasteiger partial charge in [-0.1, -0.05) is 12.1 Å². The fourth-order valence-corrected chi connectivity index (χ4v) is 4.76. The number of hydrogen-bond donors (Lipinski definition) is 1. The predicted molar refractivity (Wildman–Crippen MR) is 103 cm³/mol. The summed E-state index contributed by atoms with van der Waals surface area (Å²) in [6.45, 7) is 2.61. The molecule has 6 heteroatoms. The van der Waals surface area contributed by atoms with Gasteiger partial charge in [0.1, 0.15) is 5.82 Å². The molecular formula is C21H27FN4O. The molecule has 27 heavy (non-hydrogen) atoms. The smallest absolute Gasteiger partial charge is 0.224 e. The lowest BCUT2D eigenvalue weighted by Crippen LogP contribution is -2.42. The Morgan fingerprint density at radius 3 is 2.56 bits per heavy atom. The van der Waals surface area contributed by atoms with Crippen LogP contribution in [0.25, 0.3) is 0 Å². The summed E-state index contributed by atoms with van der Waals surface area (Å²) >= 11 is 0. The van der Waals surface area contributed by atoms with Crippen molar-refractivity contribution >= 4 is 5.95 Å². The SMILES string of the molecule is CN(C)c1ncc(CN2CC3CCCC(O)(c4ccc(F)cc4)C3C2)cn1. The summed E-state index contributed by atoms with van der Waals surface area (Å²) in [5.74, 6) is 1.10. The van der Waals surface area contributed by atoms with E-state index in [1.807, 2.05) is 31.4 Å². The first kappa shape index (κ1) is 18.3. The van der Waals surface area contributed by atoms with E-state index in [2.05, 4.69) is 14.9 Å². The zero-order chi connectivity index (χ0) is 19.0. The Morgan fingerprint density at radius 2 is 1.89 bits per heavy atom. The van der Waals surface area contributed by atoms with E-state index in [0.717, 1.165) is 50.0 Å². The van der Waals surface area contributed by atoms with Crippen LogP contribution < -0.4 is 4.90 Å². The molecular weight excluding hydrogens is 343 g/mol. The molecule has 2 aliphatic rings. The Morgan fingerprint density at radius 1 is 1.19 bits per heavy atom. The highest BCUT2D eigenvalue weighted by Crippen LogP contribution is 2.48. The Hall–Kier alpha value is -2.05. The molecule has 1 aliphatic carbocycles. The lowest BCUT2D eigenvalue weighted by molar-refractivity contribution is -0.0648. The van der Waals surface area contributed by atoms with E-state index in [4.69, 9.17) is 0 Å². The summed E-state index contributed by atoms with van der Waals surface area (Å²) in [5.41, 5.74) is 1.07. The van der Waals surface area contributed by atoms with Crippen LogP contribution in [0.5, 0.6) is 0 Å². The number of nitrogens with zero attached hydrogens (tertiary/aromatic N) is 4. The number of anilines is 1. The molecule has 1 aromatic heterocycles. The van der Waals surface area contributed by atoms with E-state index in [-0.39, 0.29) is 11.7 Å². The number of halogens is 1. The lowest BCUT2D eigenvalue weighted by atomic mass is 9.67. The van der Waals surface area contributed by atoms with Gasteiger partial charge in [-0.15, -0.1) is 0 Å². The largest absolute Gasteiger partial charge is 0.385 e. The molecule has 5 nitrogen and oxygen atoms in total. The van der Waals surface area contributed by atoms with Crippen molar-refractivity contribution in [2.24, 2.45) is 11.8 Å². The molecule has 3 atom stereocenters. The fourth-order valence-electron chi connectivity index (χ4n) is 4.76. The quantitative estimate of drug-likeness (QED) is 0.897. The van der Waals surface area contributed by atoms with Crippen LogP contribution in [-0.4, -0.2) is 47.2 Å². The van der Waals surface area contributed by atoms with Crippen LogP contribution in [0.15, 0.2) is 36.7 Å². The van der Waals surface area contributed by atoms with Crippen LogP contribution in [0, 0.1) is 17.7 Å². The highest BCUT2D eigenvalue weighted by atomic mass is 19.1. The van der Waals surface area contributed by atoms with Gasteiger partial charge in [0.15, 0.2) is 0 Å². The number of aromatic nitrogens is 2. The number of hydrogen-bond acceptors (Lipinski definition) is 5. The van der Waals surface area contributed by atoms with E-state index in [1.165, 1.54) is 12.1 Å². The first-order valence-corrected chi connectivity index (χ1v) is 9.65. The molecule has 1 aliphatic heterocycles. The van der Waals surface area contributed by atoms with Crippen molar-refractivity contribution in [3.63, 3.8) is 0 Å². The topological polar surface area (TPSA) is 52.5 Å². The summed E-state index contributed by atoms with van der Waals surface area (Å²) < 4.78 is 13.3. The molecule has 3 unspecified atom stereocenters. The van der Waals surface area contributed by atoms with Crippen molar-refractivity contribution in [1.82, 2.24) is 14.9 Å². The molecule has 2 heterocycles. The van der Waals surface area contributed by atoms with Crippen LogP contribution in [0.2, 0.25) is 0 Å². The van der Waals surface area contributed by atoms with E-state index in [9.17, 15) is 9.50 Å². The third kappa shape index (κ3) is 3.56. The van der Waals surface area contributed by atoms with Crippen LogP contribution in [0.1, 0.15) is 30.4 Å². The van der Waals surface area contributed by atoms with Crippen LogP contribution >= 0.6 is 0 Å². The minimum Gasteiger partial charge on any atom is -0.385 e. The number of rotatable bonds is 4. The van der Waals surface area contributed by atoms with Gasteiger partial charge in [-0.3, -0.25) is 4.90 Å². The van der Waals surface area contributed by atoms with Crippen molar-refractivity contribution in [3.8, 4) is 0 Å². The van der Waals surface area contributed by atoms with Gasteiger partial charge in [-0.25, -0.2) is 14.4 Å². The van der Waals surface area contributed by atoms with Gasteiger partial charge in [0.25, 0.3) is 0 Å². The van der Waals surface area contributed by atoms with Crippen molar-refractivity contribution in [2.75, 3.05) is 32.1 Å². The molecule has 1 N–H and O–H groups in total. The molecule has 1 saturated carbocycles. The summed E-state index contributed by atoms with van der Waals surface area (Å²) in [7, 11) is 3.85. The van der Waals surface area contributed by atoms with Crippen molar-refractivity contribution in [2.45, 2.75) is 31.4 Å². The monoisotopic (exact) mass is 370 g/mol. The third-order valence-corrected chi connectivity index (χ3v) is 6.10. The van der Waals surface area contributed by atoms with Gasteiger partial charge < -0.3 is 10.0 Å². The van der Waals surface area contributed by atoms with E-state index < -0.39 is 5.60 Å². The van der Waals surface area contributed by atoms with Crippen LogP contribution in [0.3, 0.4) is 0 Å². The minimum absolute atomic E-state index is 0.179. The number of fused-ring (bicyclic) bond motifs is 1. The van der Waals surface area contributed by atoms with Crippen molar-refractivity contribution in [1.29, 1.82) is 0 Å². The average molecular weight is 370 g/mol. The molecule has 0 amide bonds. The minimum atomic E-state index is -0.864. The predicted octanol–water partition coefficient (Wildman–Crippen LogP) is 2.80. The first-order valence-electron chi connectivity index (χ1n) is 9.65. The number of aliphatic hydroxyl groups is 1. The summed E-state index contributed by atoms with van der Waals surface area (Å²) in [6, 6.07) is 6.39. The molecule has 144 valence electrons. The van der Waals surface area contributed by atoms with Gasteiger partial charge in [0, 0.05) is 57.6 Å². The first-order chi connectivity index (χ1) is 13.0. The second-order valence-corrected chi connectivity index (χ2v) is 8.17. The van der Waals surface area contributed by atoms with Gasteiger partial charge in [0.05, 0.1) is 5.60 Å². The Labute approximate surface area is 159 Å². The molecule has 2 aromatic rings. The molecule has 2 fully saturated rings. The number of likely N-dealkylation sites (tertiary alicyclic amines) is 1. The maximum Gasteiger partial charge on any atom is 0.224 e. The zero-order valence-electron chi connectivity index (χ0n) is 16.0. The molecule has 1 aromatic carbocycles. The summed E-state index contributed by atoms with van der Waals surface area (Å²) in [6.07, 6.45) is 6.66. The summed E-state index contributed by atoms with van der Waals surface area (Å²) in [4.78, 5) is 13.1. The molecule has 0 spiro atoms. The Kier molecular flexibility index (Phi) is 4.86. The number of benzene rings is 1. The maximum absolute atomic E-state index is 13.3. The normalized spacial score (nSPS) is 28.1. The summed E-state index contributed by atoms with van der Waals surface area (Å²) in [5, 5.41) is 11.5. The average Bonchev–Trinajstić information content (AvgIpc) is 3.07. The molecule has 0 radical (unpaired) electrons. The maximum atomic E-state index is 13.3. The molecule has 1 saturated heterocycles. The van der Waals surface area contributed by atoms with Crippen LogP contribution in [-0.2, 0) is 12.1 Å². The zero-order valence-corrected chi connectivity index (χ0v) is 16.0. The van der Waals surface area contributed by atoms with Gasteiger partial charge in [-0.05, 0) is 42.9 Å². The van der Waals surface area contributed by atoms with Crippen molar-refractivity contribution in [3.05, 3.63) is 53.6 Å².